The lowest BCUT2D eigenvalue weighted by Gasteiger charge is -2.22. The van der Waals surface area contributed by atoms with E-state index in [0.29, 0.717) is 0 Å². The van der Waals surface area contributed by atoms with Gasteiger partial charge in [0.1, 0.15) is 0 Å². The fraction of sp³-hybridized carbons (Fsp3) is 0.133. The van der Waals surface area contributed by atoms with Gasteiger partial charge in [-0.15, -0.1) is 0 Å². The molecule has 3 rings (SSSR count). The quantitative estimate of drug-likeness (QED) is 0.744. The van der Waals surface area contributed by atoms with Crippen LogP contribution in [-0.4, -0.2) is 12.5 Å². The zero-order valence-electron chi connectivity index (χ0n) is 9.94. The van der Waals surface area contributed by atoms with Crippen LogP contribution in [0.1, 0.15) is 11.1 Å². The molecule has 1 aliphatic rings. The van der Waals surface area contributed by atoms with Gasteiger partial charge in [0.15, 0.2) is 0 Å². The van der Waals surface area contributed by atoms with E-state index >= 15 is 0 Å². The third kappa shape index (κ3) is 1.74. The summed E-state index contributed by atoms with van der Waals surface area (Å²) in [5.74, 6) is -0.418. The van der Waals surface area contributed by atoms with Crippen LogP contribution < -0.4 is 11.1 Å². The summed E-state index contributed by atoms with van der Waals surface area (Å²) in [6, 6.07) is 12.4. The minimum Gasteiger partial charge on any atom is -0.384 e. The highest BCUT2D eigenvalue weighted by Crippen LogP contribution is 2.29. The van der Waals surface area contributed by atoms with Crippen molar-refractivity contribution < 1.29 is 4.79 Å². The monoisotopic (exact) mass is 238 g/mol. The molecule has 18 heavy (non-hydrogen) atoms. The van der Waals surface area contributed by atoms with Gasteiger partial charge in [0, 0.05) is 23.9 Å². The van der Waals surface area contributed by atoms with E-state index < -0.39 is 5.91 Å². The maximum Gasteiger partial charge on any atom is 0.243 e. The van der Waals surface area contributed by atoms with Gasteiger partial charge in [-0.1, -0.05) is 36.4 Å². The molecule has 0 unspecified atom stereocenters. The Labute approximate surface area is 105 Å². The molecule has 2 aromatic rings. The molecule has 0 bridgehead atoms. The van der Waals surface area contributed by atoms with Crippen LogP contribution >= 0.6 is 0 Å². The highest BCUT2D eigenvalue weighted by molar-refractivity contribution is 5.97. The van der Waals surface area contributed by atoms with Crippen LogP contribution in [0.4, 0.5) is 0 Å². The first-order valence-electron chi connectivity index (χ1n) is 6.02. The standard InChI is InChI=1S/C15H14N2O/c16-15(18)9-14-13-6-5-10-3-1-2-4-11(10)12(13)7-8-17-14/h1-6,9,17H,7-8H2,(H2,16,18). The van der Waals surface area contributed by atoms with Crippen molar-refractivity contribution in [3.05, 3.63) is 53.6 Å². The molecule has 2 aromatic carbocycles. The van der Waals surface area contributed by atoms with Gasteiger partial charge < -0.3 is 11.1 Å². The van der Waals surface area contributed by atoms with Gasteiger partial charge in [0.05, 0.1) is 0 Å². The average molecular weight is 238 g/mol. The first-order valence-corrected chi connectivity index (χ1v) is 6.02. The molecule has 1 amide bonds. The minimum absolute atomic E-state index is 0.418. The number of hydrogen-bond acceptors (Lipinski definition) is 2. The Morgan fingerprint density at radius 2 is 2.06 bits per heavy atom. The zero-order valence-corrected chi connectivity index (χ0v) is 9.94. The summed E-state index contributed by atoms with van der Waals surface area (Å²) in [6.07, 6.45) is 2.43. The molecule has 3 nitrogen and oxygen atoms in total. The smallest absolute Gasteiger partial charge is 0.243 e. The lowest BCUT2D eigenvalue weighted by Crippen LogP contribution is -2.24. The van der Waals surface area contributed by atoms with Crippen molar-refractivity contribution in [1.29, 1.82) is 0 Å². The molecule has 0 atom stereocenters. The molecule has 90 valence electrons. The number of fused-ring (bicyclic) bond motifs is 3. The summed E-state index contributed by atoms with van der Waals surface area (Å²) in [7, 11) is 0. The van der Waals surface area contributed by atoms with Gasteiger partial charge in [-0.3, -0.25) is 4.79 Å². The summed E-state index contributed by atoms with van der Waals surface area (Å²) in [6.45, 7) is 0.833. The SMILES string of the molecule is NC(=O)C=C1NCCc2c1ccc1ccccc21. The van der Waals surface area contributed by atoms with Crippen molar-refractivity contribution in [3.8, 4) is 0 Å². The van der Waals surface area contributed by atoms with Crippen LogP contribution in [0, 0.1) is 0 Å². The first-order chi connectivity index (χ1) is 8.75. The highest BCUT2D eigenvalue weighted by Gasteiger charge is 2.16. The van der Waals surface area contributed by atoms with Gasteiger partial charge in [0.25, 0.3) is 0 Å². The molecule has 3 N–H and O–H groups in total. The Morgan fingerprint density at radius 1 is 1.22 bits per heavy atom. The number of hydrogen-bond donors (Lipinski definition) is 2. The van der Waals surface area contributed by atoms with Gasteiger partial charge in [0.2, 0.25) is 5.91 Å². The number of nitrogens with one attached hydrogen (secondary N) is 1. The van der Waals surface area contributed by atoms with Crippen LogP contribution in [0.25, 0.3) is 16.5 Å². The van der Waals surface area contributed by atoms with Crippen molar-refractivity contribution in [2.45, 2.75) is 6.42 Å². The lowest BCUT2D eigenvalue weighted by atomic mass is 9.92. The van der Waals surface area contributed by atoms with E-state index in [1.807, 2.05) is 12.1 Å². The minimum atomic E-state index is -0.418. The summed E-state index contributed by atoms with van der Waals surface area (Å²) >= 11 is 0. The van der Waals surface area contributed by atoms with Gasteiger partial charge in [-0.05, 0) is 22.8 Å². The van der Waals surface area contributed by atoms with E-state index in [0.717, 1.165) is 24.2 Å². The zero-order chi connectivity index (χ0) is 12.5. The Balaban J connectivity index is 2.25. The number of amides is 1. The summed E-state index contributed by atoms with van der Waals surface area (Å²) in [5, 5.41) is 5.72. The summed E-state index contributed by atoms with van der Waals surface area (Å²) in [4.78, 5) is 11.0. The van der Waals surface area contributed by atoms with E-state index in [2.05, 4.69) is 29.6 Å². The number of nitrogens with two attached hydrogens (primary N) is 1. The third-order valence-electron chi connectivity index (χ3n) is 3.31. The van der Waals surface area contributed by atoms with Crippen LogP contribution in [0.3, 0.4) is 0 Å². The lowest BCUT2D eigenvalue weighted by molar-refractivity contribution is -0.113. The van der Waals surface area contributed by atoms with E-state index in [-0.39, 0.29) is 0 Å². The molecule has 1 aliphatic heterocycles. The fourth-order valence-electron chi connectivity index (χ4n) is 2.55. The van der Waals surface area contributed by atoms with Gasteiger partial charge in [-0.25, -0.2) is 0 Å². The maximum absolute atomic E-state index is 11.0. The number of primary amides is 1. The second-order valence-electron chi connectivity index (χ2n) is 4.45. The average Bonchev–Trinajstić information content (AvgIpc) is 2.38. The molecule has 3 heteroatoms. The second-order valence-corrected chi connectivity index (χ2v) is 4.45. The van der Waals surface area contributed by atoms with E-state index in [1.54, 1.807) is 0 Å². The summed E-state index contributed by atoms with van der Waals surface area (Å²) in [5.41, 5.74) is 8.44. The van der Waals surface area contributed by atoms with Crippen LogP contribution in [0.5, 0.6) is 0 Å². The van der Waals surface area contributed by atoms with Crippen LogP contribution in [0.2, 0.25) is 0 Å². The number of benzene rings is 2. The molecule has 0 spiro atoms. The molecule has 0 saturated carbocycles. The molecular weight excluding hydrogens is 224 g/mol. The third-order valence-corrected chi connectivity index (χ3v) is 3.31. The molecule has 1 heterocycles. The van der Waals surface area contributed by atoms with Crippen LogP contribution in [0.15, 0.2) is 42.5 Å². The predicted octanol–water partition coefficient (Wildman–Crippen LogP) is 1.81. The van der Waals surface area contributed by atoms with Gasteiger partial charge in [-0.2, -0.15) is 0 Å². The molecule has 0 radical (unpaired) electrons. The Bertz CT molecular complexity index is 659. The number of carbonyl (C=O) groups is 1. The van der Waals surface area contributed by atoms with Crippen molar-refractivity contribution in [3.63, 3.8) is 0 Å². The molecule has 0 saturated heterocycles. The van der Waals surface area contributed by atoms with Crippen molar-refractivity contribution in [2.24, 2.45) is 5.73 Å². The largest absolute Gasteiger partial charge is 0.384 e. The Morgan fingerprint density at radius 3 is 2.89 bits per heavy atom. The van der Waals surface area contributed by atoms with Gasteiger partial charge >= 0.3 is 0 Å². The fourth-order valence-corrected chi connectivity index (χ4v) is 2.55. The topological polar surface area (TPSA) is 55.1 Å². The molecular formula is C15H14N2O. The van der Waals surface area contributed by atoms with Crippen molar-refractivity contribution >= 4 is 22.4 Å². The maximum atomic E-state index is 11.0. The summed E-state index contributed by atoms with van der Waals surface area (Å²) < 4.78 is 0. The van der Waals surface area contributed by atoms with E-state index in [9.17, 15) is 4.79 Å². The van der Waals surface area contributed by atoms with E-state index in [1.165, 1.54) is 22.4 Å². The molecule has 0 fully saturated rings. The Hall–Kier alpha value is -2.29. The van der Waals surface area contributed by atoms with E-state index in [4.69, 9.17) is 5.73 Å². The van der Waals surface area contributed by atoms with Crippen molar-refractivity contribution in [1.82, 2.24) is 5.32 Å². The number of rotatable bonds is 1. The van der Waals surface area contributed by atoms with Crippen LogP contribution in [-0.2, 0) is 11.2 Å². The Kier molecular flexibility index (Phi) is 2.52. The first kappa shape index (κ1) is 10.8. The molecule has 0 aromatic heterocycles. The normalized spacial score (nSPS) is 16.3. The molecule has 0 aliphatic carbocycles. The van der Waals surface area contributed by atoms with Crippen molar-refractivity contribution in [2.75, 3.05) is 6.54 Å². The second kappa shape index (κ2) is 4.18. The predicted molar refractivity (Wildman–Crippen MR) is 72.8 cm³/mol. The highest BCUT2D eigenvalue weighted by atomic mass is 16.1. The number of carbonyl (C=O) groups excluding carboxylic acids is 1.